The molecular formula is C17H11Cl2N5S. The summed E-state index contributed by atoms with van der Waals surface area (Å²) in [5, 5.41) is 13.2. The molecule has 0 aliphatic heterocycles. The van der Waals surface area contributed by atoms with E-state index in [1.807, 2.05) is 29.6 Å². The largest absolute Gasteiger partial charge is 0.383 e. The highest BCUT2D eigenvalue weighted by molar-refractivity contribution is 7.08. The van der Waals surface area contributed by atoms with Crippen LogP contribution in [0.1, 0.15) is 0 Å². The number of thiophene rings is 1. The summed E-state index contributed by atoms with van der Waals surface area (Å²) in [6.45, 7) is 0. The minimum absolute atomic E-state index is 0.367. The number of anilines is 1. The molecule has 1 aromatic carbocycles. The van der Waals surface area contributed by atoms with Crippen molar-refractivity contribution < 1.29 is 0 Å². The molecule has 0 spiro atoms. The van der Waals surface area contributed by atoms with Crippen molar-refractivity contribution in [1.82, 2.24) is 19.7 Å². The second kappa shape index (κ2) is 6.48. The summed E-state index contributed by atoms with van der Waals surface area (Å²) >= 11 is 14.1. The Morgan fingerprint density at radius 1 is 1.12 bits per heavy atom. The molecular weight excluding hydrogens is 377 g/mol. The Kier molecular flexibility index (Phi) is 4.17. The lowest BCUT2D eigenvalue weighted by Gasteiger charge is -2.11. The van der Waals surface area contributed by atoms with Crippen molar-refractivity contribution in [1.29, 1.82) is 0 Å². The van der Waals surface area contributed by atoms with Crippen molar-refractivity contribution in [2.45, 2.75) is 0 Å². The molecule has 3 aromatic heterocycles. The van der Waals surface area contributed by atoms with Gasteiger partial charge in [0.1, 0.15) is 12.1 Å². The van der Waals surface area contributed by atoms with Crippen molar-refractivity contribution >= 4 is 40.4 Å². The molecule has 0 amide bonds. The molecule has 0 radical (unpaired) electrons. The van der Waals surface area contributed by atoms with E-state index in [-0.39, 0.29) is 0 Å². The number of aromatic nitrogens is 4. The maximum absolute atomic E-state index is 6.34. The van der Waals surface area contributed by atoms with Gasteiger partial charge in [0.25, 0.3) is 0 Å². The average molecular weight is 388 g/mol. The van der Waals surface area contributed by atoms with Gasteiger partial charge in [-0.05, 0) is 40.6 Å². The Bertz CT molecular complexity index is 1040. The Morgan fingerprint density at radius 2 is 2.00 bits per heavy atom. The summed E-state index contributed by atoms with van der Waals surface area (Å²) in [7, 11) is 0. The van der Waals surface area contributed by atoms with Gasteiger partial charge < -0.3 is 5.73 Å². The van der Waals surface area contributed by atoms with Crippen LogP contribution in [0.15, 0.2) is 53.6 Å². The molecule has 0 aliphatic carbocycles. The van der Waals surface area contributed by atoms with Crippen molar-refractivity contribution in [3.63, 3.8) is 0 Å². The van der Waals surface area contributed by atoms with Gasteiger partial charge in [-0.25, -0.2) is 4.98 Å². The third-order valence-electron chi connectivity index (χ3n) is 3.75. The van der Waals surface area contributed by atoms with E-state index in [1.165, 1.54) is 0 Å². The number of rotatable bonds is 3. The fourth-order valence-electron chi connectivity index (χ4n) is 2.51. The van der Waals surface area contributed by atoms with Gasteiger partial charge >= 0.3 is 0 Å². The fraction of sp³-hybridized carbons (Fsp3) is 0. The average Bonchev–Trinajstić information content (AvgIpc) is 3.29. The highest BCUT2D eigenvalue weighted by Gasteiger charge is 2.17. The summed E-state index contributed by atoms with van der Waals surface area (Å²) in [6, 6.07) is 9.36. The summed E-state index contributed by atoms with van der Waals surface area (Å²) in [5.74, 6) is 0.914. The molecule has 0 fully saturated rings. The third-order valence-corrected chi connectivity index (χ3v) is 5.24. The van der Waals surface area contributed by atoms with Crippen LogP contribution in [0.4, 0.5) is 5.82 Å². The standard InChI is InChI=1S/C17H11Cl2N5S/c18-13-2-1-3-14(15(13)19)24-9-22-23-17(24)12-6-11(7-21-16(12)20)10-4-5-25-8-10/h1-9H,(H2,20,21). The van der Waals surface area contributed by atoms with E-state index in [0.29, 0.717) is 32.9 Å². The maximum Gasteiger partial charge on any atom is 0.172 e. The molecule has 0 unspecified atom stereocenters. The normalized spacial score (nSPS) is 11.0. The summed E-state index contributed by atoms with van der Waals surface area (Å²) in [6.07, 6.45) is 3.32. The van der Waals surface area contributed by atoms with Gasteiger partial charge in [-0.2, -0.15) is 11.3 Å². The van der Waals surface area contributed by atoms with Gasteiger partial charge in [-0.1, -0.05) is 29.3 Å². The number of benzene rings is 1. The first-order valence-corrected chi connectivity index (χ1v) is 8.98. The monoisotopic (exact) mass is 387 g/mol. The van der Waals surface area contributed by atoms with Crippen LogP contribution in [0.3, 0.4) is 0 Å². The Balaban J connectivity index is 1.89. The molecule has 0 aliphatic rings. The number of nitrogen functional groups attached to an aromatic ring is 1. The molecule has 8 heteroatoms. The smallest absolute Gasteiger partial charge is 0.172 e. The van der Waals surface area contributed by atoms with Crippen LogP contribution in [0.5, 0.6) is 0 Å². The summed E-state index contributed by atoms with van der Waals surface area (Å²) < 4.78 is 1.75. The topological polar surface area (TPSA) is 69.6 Å². The molecule has 0 bridgehead atoms. The Hall–Kier alpha value is -2.41. The van der Waals surface area contributed by atoms with Crippen molar-refractivity contribution in [3.05, 3.63) is 63.7 Å². The van der Waals surface area contributed by atoms with Gasteiger partial charge in [0, 0.05) is 11.8 Å². The van der Waals surface area contributed by atoms with E-state index in [1.54, 1.807) is 34.5 Å². The van der Waals surface area contributed by atoms with Crippen molar-refractivity contribution in [2.75, 3.05) is 5.73 Å². The van der Waals surface area contributed by atoms with E-state index < -0.39 is 0 Å². The first-order chi connectivity index (χ1) is 12.1. The predicted molar refractivity (Wildman–Crippen MR) is 102 cm³/mol. The molecule has 0 saturated heterocycles. The van der Waals surface area contributed by atoms with Crippen LogP contribution in [-0.2, 0) is 0 Å². The number of nitrogens with zero attached hydrogens (tertiary/aromatic N) is 4. The lowest BCUT2D eigenvalue weighted by molar-refractivity contribution is 1.06. The molecule has 3 heterocycles. The first kappa shape index (κ1) is 16.1. The molecule has 0 saturated carbocycles. The molecule has 25 heavy (non-hydrogen) atoms. The highest BCUT2D eigenvalue weighted by Crippen LogP contribution is 2.34. The Labute approximate surface area is 157 Å². The van der Waals surface area contributed by atoms with Crippen LogP contribution in [-0.4, -0.2) is 19.7 Å². The van der Waals surface area contributed by atoms with Crippen LogP contribution in [0.2, 0.25) is 10.0 Å². The van der Waals surface area contributed by atoms with E-state index in [9.17, 15) is 0 Å². The second-order valence-electron chi connectivity index (χ2n) is 5.27. The summed E-state index contributed by atoms with van der Waals surface area (Å²) in [4.78, 5) is 4.31. The van der Waals surface area contributed by atoms with Gasteiger partial charge in [0.15, 0.2) is 5.82 Å². The molecule has 4 rings (SSSR count). The highest BCUT2D eigenvalue weighted by atomic mass is 35.5. The summed E-state index contributed by atoms with van der Waals surface area (Å²) in [5.41, 5.74) is 9.48. The fourth-order valence-corrected chi connectivity index (χ4v) is 3.57. The lowest BCUT2D eigenvalue weighted by atomic mass is 10.1. The zero-order chi connectivity index (χ0) is 17.4. The van der Waals surface area contributed by atoms with Gasteiger partial charge in [-0.15, -0.1) is 10.2 Å². The van der Waals surface area contributed by atoms with Crippen LogP contribution in [0.25, 0.3) is 28.2 Å². The Morgan fingerprint density at radius 3 is 2.80 bits per heavy atom. The SMILES string of the molecule is Nc1ncc(-c2ccsc2)cc1-c1nncn1-c1cccc(Cl)c1Cl. The minimum atomic E-state index is 0.367. The van der Waals surface area contributed by atoms with E-state index >= 15 is 0 Å². The number of hydrogen-bond donors (Lipinski definition) is 1. The van der Waals surface area contributed by atoms with Crippen molar-refractivity contribution in [3.8, 4) is 28.2 Å². The van der Waals surface area contributed by atoms with Gasteiger partial charge in [-0.3, -0.25) is 4.57 Å². The van der Waals surface area contributed by atoms with Crippen LogP contribution < -0.4 is 5.73 Å². The molecule has 5 nitrogen and oxygen atoms in total. The predicted octanol–water partition coefficient (Wildman–Crippen LogP) is 4.95. The van der Waals surface area contributed by atoms with E-state index in [2.05, 4.69) is 20.6 Å². The minimum Gasteiger partial charge on any atom is -0.383 e. The molecule has 124 valence electrons. The molecule has 2 N–H and O–H groups in total. The molecule has 0 atom stereocenters. The van der Waals surface area contributed by atoms with Gasteiger partial charge in [0.2, 0.25) is 0 Å². The number of nitrogens with two attached hydrogens (primary N) is 1. The van der Waals surface area contributed by atoms with Crippen molar-refractivity contribution in [2.24, 2.45) is 0 Å². The maximum atomic E-state index is 6.34. The van der Waals surface area contributed by atoms with Crippen LogP contribution >= 0.6 is 34.5 Å². The number of pyridine rings is 1. The van der Waals surface area contributed by atoms with E-state index in [0.717, 1.165) is 11.1 Å². The second-order valence-corrected chi connectivity index (χ2v) is 6.83. The van der Waals surface area contributed by atoms with Gasteiger partial charge in [0.05, 0.1) is 21.3 Å². The number of hydrogen-bond acceptors (Lipinski definition) is 5. The van der Waals surface area contributed by atoms with E-state index in [4.69, 9.17) is 28.9 Å². The quantitative estimate of drug-likeness (QED) is 0.539. The zero-order valence-electron chi connectivity index (χ0n) is 12.7. The van der Waals surface area contributed by atoms with Crippen LogP contribution in [0, 0.1) is 0 Å². The number of halogens is 2. The third kappa shape index (κ3) is 2.89. The first-order valence-electron chi connectivity index (χ1n) is 7.28. The lowest BCUT2D eigenvalue weighted by Crippen LogP contribution is -2.02. The zero-order valence-corrected chi connectivity index (χ0v) is 15.1. The molecule has 4 aromatic rings.